The van der Waals surface area contributed by atoms with Crippen molar-refractivity contribution >= 4 is 17.7 Å². The van der Waals surface area contributed by atoms with Crippen molar-refractivity contribution in [1.82, 2.24) is 10.2 Å². The van der Waals surface area contributed by atoms with Crippen molar-refractivity contribution in [2.24, 2.45) is 5.73 Å². The highest BCUT2D eigenvalue weighted by molar-refractivity contribution is 7.99. The van der Waals surface area contributed by atoms with Crippen LogP contribution in [0.2, 0.25) is 0 Å². The van der Waals surface area contributed by atoms with Crippen molar-refractivity contribution in [3.8, 4) is 0 Å². The van der Waals surface area contributed by atoms with E-state index in [4.69, 9.17) is 10.2 Å². The molecule has 0 radical (unpaired) electrons. The van der Waals surface area contributed by atoms with Crippen LogP contribution in [0.5, 0.6) is 0 Å². The number of nitrogens with zero attached hydrogens (tertiary/aromatic N) is 2. The normalized spacial score (nSPS) is 14.7. The number of carbonyl (C=O) groups excluding carboxylic acids is 1. The number of carbonyl (C=O) groups is 1. The second-order valence-electron chi connectivity index (χ2n) is 3.28. The lowest BCUT2D eigenvalue weighted by atomic mass is 10.1. The summed E-state index contributed by atoms with van der Waals surface area (Å²) in [6, 6.07) is 0. The van der Waals surface area contributed by atoms with Crippen LogP contribution in [0, 0.1) is 6.92 Å². The lowest BCUT2D eigenvalue weighted by Crippen LogP contribution is -2.48. The highest BCUT2D eigenvalue weighted by Crippen LogP contribution is 2.20. The van der Waals surface area contributed by atoms with Gasteiger partial charge in [-0.3, -0.25) is 4.79 Å². The molecular formula is C8H13N3O3S. The van der Waals surface area contributed by atoms with E-state index < -0.39 is 11.5 Å². The number of hydrogen-bond donors (Lipinski definition) is 1. The van der Waals surface area contributed by atoms with Crippen LogP contribution in [0.4, 0.5) is 0 Å². The zero-order valence-electron chi connectivity index (χ0n) is 8.81. The van der Waals surface area contributed by atoms with Crippen LogP contribution < -0.4 is 5.73 Å². The third kappa shape index (κ3) is 3.21. The van der Waals surface area contributed by atoms with E-state index in [1.54, 1.807) is 13.8 Å². The number of esters is 1. The van der Waals surface area contributed by atoms with Gasteiger partial charge in [0.05, 0.1) is 7.11 Å². The summed E-state index contributed by atoms with van der Waals surface area (Å²) >= 11 is 1.23. The molecule has 1 atom stereocenters. The first-order chi connectivity index (χ1) is 6.95. The van der Waals surface area contributed by atoms with Gasteiger partial charge in [-0.15, -0.1) is 10.2 Å². The van der Waals surface area contributed by atoms with Crippen molar-refractivity contribution in [1.29, 1.82) is 0 Å². The lowest BCUT2D eigenvalue weighted by molar-refractivity contribution is -0.145. The Kier molecular flexibility index (Phi) is 3.70. The largest absolute Gasteiger partial charge is 0.468 e. The first-order valence-corrected chi connectivity index (χ1v) is 5.24. The monoisotopic (exact) mass is 231 g/mol. The summed E-state index contributed by atoms with van der Waals surface area (Å²) in [6.45, 7) is 3.29. The van der Waals surface area contributed by atoms with Crippen LogP contribution in [-0.2, 0) is 9.53 Å². The molecule has 1 heterocycles. The van der Waals surface area contributed by atoms with E-state index in [1.165, 1.54) is 18.9 Å². The number of rotatable bonds is 4. The van der Waals surface area contributed by atoms with E-state index in [0.29, 0.717) is 16.9 Å². The van der Waals surface area contributed by atoms with Crippen LogP contribution in [0.15, 0.2) is 9.64 Å². The van der Waals surface area contributed by atoms with Gasteiger partial charge in [0.15, 0.2) is 0 Å². The predicted octanol–water partition coefficient (Wildman–Crippen LogP) is 0.361. The second-order valence-corrected chi connectivity index (χ2v) is 4.21. The first kappa shape index (κ1) is 12.0. The topological polar surface area (TPSA) is 91.2 Å². The Morgan fingerprint density at radius 3 is 2.80 bits per heavy atom. The maximum Gasteiger partial charge on any atom is 0.326 e. The van der Waals surface area contributed by atoms with Crippen molar-refractivity contribution in [2.45, 2.75) is 24.6 Å². The molecule has 1 unspecified atom stereocenters. The fraction of sp³-hybridized carbons (Fsp3) is 0.625. The number of thioether (sulfide) groups is 1. The number of hydrogen-bond acceptors (Lipinski definition) is 7. The first-order valence-electron chi connectivity index (χ1n) is 4.26. The van der Waals surface area contributed by atoms with Gasteiger partial charge in [0.1, 0.15) is 5.54 Å². The summed E-state index contributed by atoms with van der Waals surface area (Å²) in [5, 5.41) is 7.83. The van der Waals surface area contributed by atoms with Crippen molar-refractivity contribution in [3.63, 3.8) is 0 Å². The van der Waals surface area contributed by atoms with Crippen molar-refractivity contribution in [3.05, 3.63) is 5.89 Å². The Morgan fingerprint density at radius 2 is 2.33 bits per heavy atom. The van der Waals surface area contributed by atoms with Crippen LogP contribution >= 0.6 is 11.8 Å². The summed E-state index contributed by atoms with van der Waals surface area (Å²) in [5.74, 6) is 0.335. The molecular weight excluding hydrogens is 218 g/mol. The highest BCUT2D eigenvalue weighted by atomic mass is 32.2. The van der Waals surface area contributed by atoms with E-state index in [2.05, 4.69) is 14.9 Å². The van der Waals surface area contributed by atoms with Crippen LogP contribution in [0.25, 0.3) is 0 Å². The Morgan fingerprint density at radius 1 is 1.67 bits per heavy atom. The minimum absolute atomic E-state index is 0.321. The molecule has 0 amide bonds. The van der Waals surface area contributed by atoms with Gasteiger partial charge in [0.2, 0.25) is 5.89 Å². The van der Waals surface area contributed by atoms with Gasteiger partial charge in [-0.05, 0) is 6.92 Å². The minimum atomic E-state index is -1.05. The standard InChI is InChI=1S/C8H13N3O3S/c1-5-10-11-7(14-5)15-4-8(2,9)6(12)13-3/h4,9H2,1-3H3. The highest BCUT2D eigenvalue weighted by Gasteiger charge is 2.30. The quantitative estimate of drug-likeness (QED) is 0.590. The zero-order chi connectivity index (χ0) is 11.5. The van der Waals surface area contributed by atoms with Gasteiger partial charge in [-0.1, -0.05) is 11.8 Å². The molecule has 0 aliphatic heterocycles. The van der Waals surface area contributed by atoms with Crippen LogP contribution in [0.1, 0.15) is 12.8 Å². The molecule has 15 heavy (non-hydrogen) atoms. The fourth-order valence-electron chi connectivity index (χ4n) is 0.840. The predicted molar refractivity (Wildman–Crippen MR) is 54.4 cm³/mol. The molecule has 2 N–H and O–H groups in total. The summed E-state index contributed by atoms with van der Waals surface area (Å²) in [4.78, 5) is 11.2. The number of nitrogens with two attached hydrogens (primary N) is 1. The molecule has 6 nitrogen and oxygen atoms in total. The van der Waals surface area contributed by atoms with Gasteiger partial charge < -0.3 is 14.9 Å². The van der Waals surface area contributed by atoms with Gasteiger partial charge in [0, 0.05) is 12.7 Å². The molecule has 0 fully saturated rings. The number of ether oxygens (including phenoxy) is 1. The SMILES string of the molecule is COC(=O)C(C)(N)CSc1nnc(C)o1. The number of aromatic nitrogens is 2. The van der Waals surface area contributed by atoms with E-state index in [1.807, 2.05) is 0 Å². The second kappa shape index (κ2) is 4.63. The number of methoxy groups -OCH3 is 1. The third-order valence-electron chi connectivity index (χ3n) is 1.65. The molecule has 1 aromatic rings. The average Bonchev–Trinajstić information content (AvgIpc) is 2.60. The molecule has 0 aliphatic carbocycles. The average molecular weight is 231 g/mol. The molecule has 0 bridgehead atoms. The summed E-state index contributed by atoms with van der Waals surface area (Å²) < 4.78 is 9.69. The molecule has 0 aromatic carbocycles. The van der Waals surface area contributed by atoms with Gasteiger partial charge in [-0.2, -0.15) is 0 Å². The van der Waals surface area contributed by atoms with E-state index >= 15 is 0 Å². The molecule has 0 saturated heterocycles. The molecule has 0 saturated carbocycles. The zero-order valence-corrected chi connectivity index (χ0v) is 9.63. The maximum absolute atomic E-state index is 11.2. The fourth-order valence-corrected chi connectivity index (χ4v) is 1.66. The minimum Gasteiger partial charge on any atom is -0.468 e. The van der Waals surface area contributed by atoms with E-state index in [0.717, 1.165) is 0 Å². The molecule has 1 aromatic heterocycles. The van der Waals surface area contributed by atoms with Gasteiger partial charge in [0.25, 0.3) is 5.22 Å². The summed E-state index contributed by atoms with van der Waals surface area (Å²) in [5.41, 5.74) is 4.69. The Bertz CT molecular complexity index is 351. The third-order valence-corrected chi connectivity index (χ3v) is 2.81. The molecule has 0 aliphatic rings. The van der Waals surface area contributed by atoms with E-state index in [9.17, 15) is 4.79 Å². The molecule has 7 heteroatoms. The van der Waals surface area contributed by atoms with E-state index in [-0.39, 0.29) is 0 Å². The molecule has 84 valence electrons. The van der Waals surface area contributed by atoms with Crippen LogP contribution in [-0.4, -0.2) is 34.6 Å². The van der Waals surface area contributed by atoms with Crippen molar-refractivity contribution in [2.75, 3.05) is 12.9 Å². The van der Waals surface area contributed by atoms with Gasteiger partial charge >= 0.3 is 5.97 Å². The molecule has 0 spiro atoms. The Labute approximate surface area is 91.6 Å². The van der Waals surface area contributed by atoms with Gasteiger partial charge in [-0.25, -0.2) is 0 Å². The smallest absolute Gasteiger partial charge is 0.326 e. The maximum atomic E-state index is 11.2. The number of aryl methyl sites for hydroxylation is 1. The summed E-state index contributed by atoms with van der Waals surface area (Å²) in [7, 11) is 1.30. The summed E-state index contributed by atoms with van der Waals surface area (Å²) in [6.07, 6.45) is 0. The Hall–Kier alpha value is -1.08. The van der Waals surface area contributed by atoms with Crippen molar-refractivity contribution < 1.29 is 13.9 Å². The Balaban J connectivity index is 2.53. The molecule has 1 rings (SSSR count). The lowest BCUT2D eigenvalue weighted by Gasteiger charge is -2.19. The van der Waals surface area contributed by atoms with Crippen LogP contribution in [0.3, 0.4) is 0 Å².